The summed E-state index contributed by atoms with van der Waals surface area (Å²) in [4.78, 5) is 31.3. The summed E-state index contributed by atoms with van der Waals surface area (Å²) < 4.78 is 1.56. The molecule has 3 heterocycles. The predicted molar refractivity (Wildman–Crippen MR) is 87.6 cm³/mol. The number of fused-ring (bicyclic) bond motifs is 1. The molecule has 3 rings (SSSR count). The lowest BCUT2D eigenvalue weighted by Crippen LogP contribution is -2.15. The van der Waals surface area contributed by atoms with Crippen LogP contribution in [0.2, 0.25) is 0 Å². The Balaban J connectivity index is 2.05. The van der Waals surface area contributed by atoms with Crippen LogP contribution in [0.1, 0.15) is 35.7 Å². The van der Waals surface area contributed by atoms with Crippen molar-refractivity contribution in [2.45, 2.75) is 19.8 Å². The average molecular weight is 311 g/mol. The first-order valence-electron chi connectivity index (χ1n) is 7.28. The molecule has 118 valence electrons. The molecule has 0 spiro atoms. The largest absolute Gasteiger partial charge is 0.328 e. The van der Waals surface area contributed by atoms with Crippen molar-refractivity contribution < 1.29 is 4.79 Å². The Kier molecular flexibility index (Phi) is 3.69. The summed E-state index contributed by atoms with van der Waals surface area (Å²) in [6.45, 7) is 3.99. The molecule has 23 heavy (non-hydrogen) atoms. The third-order valence-corrected chi connectivity index (χ3v) is 3.59. The van der Waals surface area contributed by atoms with E-state index in [2.05, 4.69) is 20.4 Å². The van der Waals surface area contributed by atoms with Gasteiger partial charge in [0.1, 0.15) is 5.82 Å². The number of anilines is 1. The number of aromatic amines is 1. The second-order valence-corrected chi connectivity index (χ2v) is 5.68. The van der Waals surface area contributed by atoms with Crippen LogP contribution in [0, 0.1) is 0 Å². The maximum absolute atomic E-state index is 12.2. The van der Waals surface area contributed by atoms with E-state index in [1.54, 1.807) is 36.3 Å². The molecule has 0 aromatic carbocycles. The molecule has 7 nitrogen and oxygen atoms in total. The highest BCUT2D eigenvalue weighted by Gasteiger charge is 2.14. The summed E-state index contributed by atoms with van der Waals surface area (Å²) in [5, 5.41) is 7.30. The Hall–Kier alpha value is -2.96. The number of carbonyl (C=O) groups excluding carboxylic acids is 1. The maximum Gasteiger partial charge on any atom is 0.260 e. The van der Waals surface area contributed by atoms with E-state index >= 15 is 0 Å². The van der Waals surface area contributed by atoms with Gasteiger partial charge >= 0.3 is 0 Å². The zero-order valence-electron chi connectivity index (χ0n) is 13.1. The standard InChI is InChI=1S/C16H17N5O2/c1-9(2)11-6-13(19-12-4-5-17-16(23)14(11)12)20-15(22)10-7-18-21(3)8-10/h4-9H,1-3H3,(H,17,23)(H,19,20,22). The van der Waals surface area contributed by atoms with E-state index in [1.165, 1.54) is 6.20 Å². The van der Waals surface area contributed by atoms with Crippen LogP contribution in [0.15, 0.2) is 35.5 Å². The van der Waals surface area contributed by atoms with Gasteiger partial charge in [-0.2, -0.15) is 5.10 Å². The van der Waals surface area contributed by atoms with Crippen LogP contribution in [0.5, 0.6) is 0 Å². The normalized spacial score (nSPS) is 11.1. The van der Waals surface area contributed by atoms with Crippen LogP contribution in [0.3, 0.4) is 0 Å². The zero-order valence-corrected chi connectivity index (χ0v) is 13.1. The third kappa shape index (κ3) is 2.85. The van der Waals surface area contributed by atoms with Gasteiger partial charge in [-0.05, 0) is 23.6 Å². The highest BCUT2D eigenvalue weighted by molar-refractivity contribution is 6.04. The molecule has 0 radical (unpaired) electrons. The van der Waals surface area contributed by atoms with Gasteiger partial charge in [0.05, 0.1) is 22.7 Å². The van der Waals surface area contributed by atoms with Gasteiger partial charge in [-0.1, -0.05) is 13.8 Å². The Morgan fingerprint density at radius 1 is 1.39 bits per heavy atom. The second-order valence-electron chi connectivity index (χ2n) is 5.68. The Morgan fingerprint density at radius 2 is 2.17 bits per heavy atom. The van der Waals surface area contributed by atoms with Gasteiger partial charge in [0.25, 0.3) is 11.5 Å². The second kappa shape index (κ2) is 5.68. The molecular formula is C16H17N5O2. The molecule has 0 bridgehead atoms. The van der Waals surface area contributed by atoms with Crippen molar-refractivity contribution in [2.75, 3.05) is 5.32 Å². The predicted octanol–water partition coefficient (Wildman–Crippen LogP) is 2.03. The van der Waals surface area contributed by atoms with Crippen LogP contribution in [-0.4, -0.2) is 25.7 Å². The van der Waals surface area contributed by atoms with Crippen LogP contribution in [0.25, 0.3) is 10.9 Å². The van der Waals surface area contributed by atoms with E-state index < -0.39 is 0 Å². The number of nitrogens with zero attached hydrogens (tertiary/aromatic N) is 3. The molecule has 0 fully saturated rings. The minimum Gasteiger partial charge on any atom is -0.328 e. The van der Waals surface area contributed by atoms with Crippen LogP contribution in [-0.2, 0) is 7.05 Å². The molecule has 7 heteroatoms. The lowest BCUT2D eigenvalue weighted by Gasteiger charge is -2.12. The molecule has 0 saturated carbocycles. The van der Waals surface area contributed by atoms with Crippen molar-refractivity contribution in [3.63, 3.8) is 0 Å². The summed E-state index contributed by atoms with van der Waals surface area (Å²) in [7, 11) is 1.74. The first-order valence-corrected chi connectivity index (χ1v) is 7.28. The van der Waals surface area contributed by atoms with Gasteiger partial charge < -0.3 is 10.3 Å². The van der Waals surface area contributed by atoms with E-state index in [4.69, 9.17) is 0 Å². The number of aromatic nitrogens is 4. The molecule has 1 amide bonds. The van der Waals surface area contributed by atoms with E-state index in [0.717, 1.165) is 5.56 Å². The summed E-state index contributed by atoms with van der Waals surface area (Å²) in [5.74, 6) is 0.253. The summed E-state index contributed by atoms with van der Waals surface area (Å²) in [6.07, 6.45) is 4.67. The molecule has 3 aromatic heterocycles. The van der Waals surface area contributed by atoms with Crippen LogP contribution < -0.4 is 10.9 Å². The average Bonchev–Trinajstić information content (AvgIpc) is 2.93. The van der Waals surface area contributed by atoms with E-state index in [1.807, 2.05) is 13.8 Å². The van der Waals surface area contributed by atoms with Gasteiger partial charge in [0.15, 0.2) is 0 Å². The number of nitrogens with one attached hydrogen (secondary N) is 2. The highest BCUT2D eigenvalue weighted by Crippen LogP contribution is 2.24. The minimum atomic E-state index is -0.288. The SMILES string of the molecule is CC(C)c1cc(NC(=O)c2cnn(C)c2)nc2cc[nH]c(=O)c12. The van der Waals surface area contributed by atoms with Gasteiger partial charge in [0.2, 0.25) is 0 Å². The van der Waals surface area contributed by atoms with Crippen molar-refractivity contribution in [1.29, 1.82) is 0 Å². The fourth-order valence-corrected chi connectivity index (χ4v) is 2.47. The minimum absolute atomic E-state index is 0.123. The van der Waals surface area contributed by atoms with Crippen molar-refractivity contribution in [2.24, 2.45) is 7.05 Å². The number of rotatable bonds is 3. The number of pyridine rings is 2. The van der Waals surface area contributed by atoms with Crippen molar-refractivity contribution in [3.05, 3.63) is 52.2 Å². The third-order valence-electron chi connectivity index (χ3n) is 3.59. The molecular weight excluding hydrogens is 294 g/mol. The van der Waals surface area contributed by atoms with E-state index in [0.29, 0.717) is 22.3 Å². The van der Waals surface area contributed by atoms with Gasteiger partial charge in [-0.15, -0.1) is 0 Å². The van der Waals surface area contributed by atoms with Crippen molar-refractivity contribution in [1.82, 2.24) is 19.7 Å². The van der Waals surface area contributed by atoms with Gasteiger partial charge in [-0.3, -0.25) is 14.3 Å². The first-order chi connectivity index (χ1) is 11.0. The summed E-state index contributed by atoms with van der Waals surface area (Å²) in [6, 6.07) is 3.47. The maximum atomic E-state index is 12.2. The lowest BCUT2D eigenvalue weighted by molar-refractivity contribution is 0.102. The highest BCUT2D eigenvalue weighted by atomic mass is 16.1. The van der Waals surface area contributed by atoms with Crippen molar-refractivity contribution >= 4 is 22.6 Å². The molecule has 0 saturated heterocycles. The fraction of sp³-hybridized carbons (Fsp3) is 0.250. The summed E-state index contributed by atoms with van der Waals surface area (Å²) >= 11 is 0. The molecule has 0 aliphatic heterocycles. The smallest absolute Gasteiger partial charge is 0.260 e. The van der Waals surface area contributed by atoms with E-state index in [-0.39, 0.29) is 17.4 Å². The molecule has 0 aliphatic carbocycles. The molecule has 3 aromatic rings. The molecule has 2 N–H and O–H groups in total. The number of H-pyrrole nitrogens is 1. The van der Waals surface area contributed by atoms with Crippen LogP contribution in [0.4, 0.5) is 5.82 Å². The fourth-order valence-electron chi connectivity index (χ4n) is 2.47. The number of hydrogen-bond donors (Lipinski definition) is 2. The Morgan fingerprint density at radius 3 is 2.83 bits per heavy atom. The topological polar surface area (TPSA) is 92.7 Å². The number of hydrogen-bond acceptors (Lipinski definition) is 4. The lowest BCUT2D eigenvalue weighted by atomic mass is 10.00. The molecule has 0 atom stereocenters. The Labute approximate surface area is 132 Å². The quantitative estimate of drug-likeness (QED) is 0.774. The number of carbonyl (C=O) groups is 1. The summed E-state index contributed by atoms with van der Waals surface area (Å²) in [5.41, 5.74) is 1.68. The van der Waals surface area contributed by atoms with E-state index in [9.17, 15) is 9.59 Å². The van der Waals surface area contributed by atoms with Crippen molar-refractivity contribution in [3.8, 4) is 0 Å². The monoisotopic (exact) mass is 311 g/mol. The number of aryl methyl sites for hydroxylation is 1. The number of amides is 1. The first kappa shape index (κ1) is 15.0. The Bertz CT molecular complexity index is 939. The van der Waals surface area contributed by atoms with Crippen LogP contribution >= 0.6 is 0 Å². The van der Waals surface area contributed by atoms with Gasteiger partial charge in [-0.25, -0.2) is 4.98 Å². The molecule has 0 aliphatic rings. The van der Waals surface area contributed by atoms with Gasteiger partial charge in [0, 0.05) is 19.4 Å². The zero-order chi connectivity index (χ0) is 16.6. The molecule has 0 unspecified atom stereocenters.